The number of hydrogen-bond acceptors (Lipinski definition) is 4. The summed E-state index contributed by atoms with van der Waals surface area (Å²) in [7, 11) is 0. The van der Waals surface area contributed by atoms with Crippen LogP contribution in [-0.2, 0) is 0 Å². The summed E-state index contributed by atoms with van der Waals surface area (Å²) < 4.78 is 5.61. The maximum absolute atomic E-state index is 5.61. The molecule has 0 saturated heterocycles. The fourth-order valence-electron chi connectivity index (χ4n) is 1.59. The zero-order valence-corrected chi connectivity index (χ0v) is 7.44. The van der Waals surface area contributed by atoms with Gasteiger partial charge in [0.25, 0.3) is 5.88 Å². The lowest BCUT2D eigenvalue weighted by Crippen LogP contribution is -2.13. The molecule has 1 aromatic heterocycles. The summed E-state index contributed by atoms with van der Waals surface area (Å²) in [6, 6.07) is 0. The van der Waals surface area contributed by atoms with E-state index in [2.05, 4.69) is 9.97 Å². The highest BCUT2D eigenvalue weighted by atomic mass is 16.5. The predicted octanol–water partition coefficient (Wildman–Crippen LogP) is 1.38. The van der Waals surface area contributed by atoms with E-state index in [1.807, 2.05) is 0 Å². The summed E-state index contributed by atoms with van der Waals surface area (Å²) in [5.41, 5.74) is 5.60. The molecule has 70 valence electrons. The zero-order chi connectivity index (χ0) is 9.10. The second-order valence-corrected chi connectivity index (χ2v) is 3.27. The van der Waals surface area contributed by atoms with E-state index in [1.54, 1.807) is 12.4 Å². The van der Waals surface area contributed by atoms with Crippen molar-refractivity contribution < 1.29 is 4.74 Å². The molecule has 1 saturated carbocycles. The molecule has 0 spiro atoms. The van der Waals surface area contributed by atoms with E-state index in [0.29, 0.717) is 17.8 Å². The van der Waals surface area contributed by atoms with E-state index < -0.39 is 0 Å². The standard InChI is InChI=1S/C9H13N3O/c10-8-9(12-6-5-11-8)13-7-3-1-2-4-7/h5-7H,1-4H2,(H2,10,11). The fraction of sp³-hybridized carbons (Fsp3) is 0.556. The van der Waals surface area contributed by atoms with Crippen LogP contribution < -0.4 is 10.5 Å². The number of anilines is 1. The molecule has 0 unspecified atom stereocenters. The van der Waals surface area contributed by atoms with E-state index in [1.165, 1.54) is 12.8 Å². The largest absolute Gasteiger partial charge is 0.472 e. The molecule has 13 heavy (non-hydrogen) atoms. The molecule has 0 aliphatic heterocycles. The second-order valence-electron chi connectivity index (χ2n) is 3.27. The highest BCUT2D eigenvalue weighted by Crippen LogP contribution is 2.24. The van der Waals surface area contributed by atoms with Crippen LogP contribution in [0, 0.1) is 0 Å². The average Bonchev–Trinajstić information content (AvgIpc) is 2.61. The van der Waals surface area contributed by atoms with Crippen LogP contribution in [0.5, 0.6) is 5.88 Å². The molecule has 4 heteroatoms. The normalized spacial score (nSPS) is 17.5. The van der Waals surface area contributed by atoms with Crippen molar-refractivity contribution in [1.29, 1.82) is 0 Å². The third kappa shape index (κ3) is 1.88. The highest BCUT2D eigenvalue weighted by Gasteiger charge is 2.18. The lowest BCUT2D eigenvalue weighted by molar-refractivity contribution is 0.202. The van der Waals surface area contributed by atoms with Gasteiger partial charge < -0.3 is 10.5 Å². The molecule has 2 rings (SSSR count). The Morgan fingerprint density at radius 1 is 1.23 bits per heavy atom. The number of hydrogen-bond donors (Lipinski definition) is 1. The zero-order valence-electron chi connectivity index (χ0n) is 7.44. The first-order valence-corrected chi connectivity index (χ1v) is 4.59. The Morgan fingerprint density at radius 3 is 2.62 bits per heavy atom. The summed E-state index contributed by atoms with van der Waals surface area (Å²) in [4.78, 5) is 7.94. The van der Waals surface area contributed by atoms with Gasteiger partial charge in [-0.25, -0.2) is 9.97 Å². The Morgan fingerprint density at radius 2 is 1.92 bits per heavy atom. The van der Waals surface area contributed by atoms with Crippen molar-refractivity contribution in [3.8, 4) is 5.88 Å². The Kier molecular flexibility index (Phi) is 2.29. The maximum Gasteiger partial charge on any atom is 0.257 e. The minimum Gasteiger partial charge on any atom is -0.472 e. The van der Waals surface area contributed by atoms with Crippen molar-refractivity contribution in [2.45, 2.75) is 31.8 Å². The summed E-state index contributed by atoms with van der Waals surface area (Å²) in [5, 5.41) is 0. The molecule has 0 aromatic carbocycles. The molecule has 0 radical (unpaired) electrons. The van der Waals surface area contributed by atoms with Gasteiger partial charge in [0.1, 0.15) is 6.10 Å². The second kappa shape index (κ2) is 3.60. The van der Waals surface area contributed by atoms with E-state index in [0.717, 1.165) is 12.8 Å². The van der Waals surface area contributed by atoms with Gasteiger partial charge in [-0.3, -0.25) is 0 Å². The molecule has 0 bridgehead atoms. The lowest BCUT2D eigenvalue weighted by Gasteiger charge is -2.12. The Hall–Kier alpha value is -1.32. The van der Waals surface area contributed by atoms with Gasteiger partial charge >= 0.3 is 0 Å². The van der Waals surface area contributed by atoms with Crippen molar-refractivity contribution in [3.63, 3.8) is 0 Å². The van der Waals surface area contributed by atoms with Crippen molar-refractivity contribution in [3.05, 3.63) is 12.4 Å². The van der Waals surface area contributed by atoms with Crippen molar-refractivity contribution in [1.82, 2.24) is 9.97 Å². The third-order valence-electron chi connectivity index (χ3n) is 2.27. The molecule has 2 N–H and O–H groups in total. The van der Waals surface area contributed by atoms with E-state index in [9.17, 15) is 0 Å². The number of ether oxygens (including phenoxy) is 1. The van der Waals surface area contributed by atoms with Gasteiger partial charge in [-0.05, 0) is 25.7 Å². The van der Waals surface area contributed by atoms with Crippen LogP contribution in [0.1, 0.15) is 25.7 Å². The topological polar surface area (TPSA) is 61.0 Å². The van der Waals surface area contributed by atoms with E-state index in [-0.39, 0.29) is 0 Å². The molecule has 1 aliphatic rings. The quantitative estimate of drug-likeness (QED) is 0.745. The fourth-order valence-corrected chi connectivity index (χ4v) is 1.59. The van der Waals surface area contributed by atoms with Gasteiger partial charge in [0.15, 0.2) is 5.82 Å². The summed E-state index contributed by atoms with van der Waals surface area (Å²) in [6.45, 7) is 0. The van der Waals surface area contributed by atoms with Crippen LogP contribution in [0.3, 0.4) is 0 Å². The minimum absolute atomic E-state index is 0.291. The molecule has 0 atom stereocenters. The molecule has 4 nitrogen and oxygen atoms in total. The van der Waals surface area contributed by atoms with Gasteiger partial charge in [0, 0.05) is 12.4 Å². The van der Waals surface area contributed by atoms with E-state index in [4.69, 9.17) is 10.5 Å². The monoisotopic (exact) mass is 179 g/mol. The number of nitrogens with two attached hydrogens (primary N) is 1. The molecule has 1 heterocycles. The Bertz CT molecular complexity index is 284. The van der Waals surface area contributed by atoms with Crippen LogP contribution in [0.4, 0.5) is 5.82 Å². The number of nitrogens with zero attached hydrogens (tertiary/aromatic N) is 2. The Labute approximate surface area is 77.1 Å². The van der Waals surface area contributed by atoms with Crippen molar-refractivity contribution in [2.75, 3.05) is 5.73 Å². The summed E-state index contributed by atoms with van der Waals surface area (Å²) in [6.07, 6.45) is 8.15. The molecular weight excluding hydrogens is 166 g/mol. The Balaban J connectivity index is 2.04. The summed E-state index contributed by atoms with van der Waals surface area (Å²) in [5.74, 6) is 0.865. The lowest BCUT2D eigenvalue weighted by atomic mass is 10.3. The van der Waals surface area contributed by atoms with Crippen molar-refractivity contribution in [2.24, 2.45) is 0 Å². The maximum atomic E-state index is 5.61. The van der Waals surface area contributed by atoms with Crippen LogP contribution in [0.15, 0.2) is 12.4 Å². The molecule has 1 fully saturated rings. The highest BCUT2D eigenvalue weighted by molar-refractivity contribution is 5.38. The van der Waals surface area contributed by atoms with Gasteiger partial charge in [-0.15, -0.1) is 0 Å². The number of nitrogen functional groups attached to an aromatic ring is 1. The first-order valence-electron chi connectivity index (χ1n) is 4.59. The van der Waals surface area contributed by atoms with Gasteiger partial charge in [-0.1, -0.05) is 0 Å². The molecule has 1 aliphatic carbocycles. The smallest absolute Gasteiger partial charge is 0.257 e. The first kappa shape index (κ1) is 8.29. The number of rotatable bonds is 2. The first-order chi connectivity index (χ1) is 6.36. The predicted molar refractivity (Wildman–Crippen MR) is 49.3 cm³/mol. The van der Waals surface area contributed by atoms with Crippen LogP contribution in [-0.4, -0.2) is 16.1 Å². The third-order valence-corrected chi connectivity index (χ3v) is 2.27. The molecule has 0 amide bonds. The van der Waals surface area contributed by atoms with Gasteiger partial charge in [0.2, 0.25) is 0 Å². The average molecular weight is 179 g/mol. The van der Waals surface area contributed by atoms with E-state index >= 15 is 0 Å². The summed E-state index contributed by atoms with van der Waals surface area (Å²) >= 11 is 0. The molecular formula is C9H13N3O. The van der Waals surface area contributed by atoms with Crippen LogP contribution >= 0.6 is 0 Å². The minimum atomic E-state index is 0.291. The van der Waals surface area contributed by atoms with Crippen LogP contribution in [0.25, 0.3) is 0 Å². The molecule has 1 aromatic rings. The van der Waals surface area contributed by atoms with Gasteiger partial charge in [0.05, 0.1) is 0 Å². The van der Waals surface area contributed by atoms with Crippen LogP contribution in [0.2, 0.25) is 0 Å². The number of aromatic nitrogens is 2. The van der Waals surface area contributed by atoms with Gasteiger partial charge in [-0.2, -0.15) is 0 Å². The van der Waals surface area contributed by atoms with Crippen molar-refractivity contribution >= 4 is 5.82 Å². The SMILES string of the molecule is Nc1nccnc1OC1CCCC1.